The Bertz CT molecular complexity index is 493. The molecule has 0 amide bonds. The number of hydrogen-bond acceptors (Lipinski definition) is 3. The molecule has 0 unspecified atom stereocenters. The summed E-state index contributed by atoms with van der Waals surface area (Å²) in [4.78, 5) is 21.9. The summed E-state index contributed by atoms with van der Waals surface area (Å²) >= 11 is 0. The van der Waals surface area contributed by atoms with E-state index in [-0.39, 0.29) is 6.42 Å². The van der Waals surface area contributed by atoms with Crippen molar-refractivity contribution >= 4 is 5.97 Å². The minimum atomic E-state index is -0.776. The second-order valence-corrected chi connectivity index (χ2v) is 3.71. The quantitative estimate of drug-likeness (QED) is 0.823. The maximum atomic E-state index is 10.4. The van der Waals surface area contributed by atoms with Crippen molar-refractivity contribution in [3.8, 4) is 11.4 Å². The van der Waals surface area contributed by atoms with Crippen molar-refractivity contribution in [3.05, 3.63) is 36.4 Å². The van der Waals surface area contributed by atoms with Crippen LogP contribution in [0.1, 0.15) is 18.7 Å². The van der Waals surface area contributed by atoms with Gasteiger partial charge >= 0.3 is 5.97 Å². The van der Waals surface area contributed by atoms with Crippen LogP contribution in [0.2, 0.25) is 0 Å². The molecular weight excluding hydrogens is 218 g/mol. The van der Waals surface area contributed by atoms with Crippen LogP contribution in [0, 0.1) is 0 Å². The van der Waals surface area contributed by atoms with E-state index >= 15 is 0 Å². The van der Waals surface area contributed by atoms with E-state index in [0.29, 0.717) is 12.8 Å². The Morgan fingerprint density at radius 1 is 1.35 bits per heavy atom. The first-order chi connectivity index (χ1) is 8.25. The van der Waals surface area contributed by atoms with E-state index in [1.54, 1.807) is 12.4 Å². The number of aromatic nitrogens is 3. The molecule has 0 spiro atoms. The van der Waals surface area contributed by atoms with Crippen LogP contribution in [-0.4, -0.2) is 26.0 Å². The fourth-order valence-electron chi connectivity index (χ4n) is 1.55. The first-order valence-corrected chi connectivity index (χ1v) is 5.43. The lowest BCUT2D eigenvalue weighted by Crippen LogP contribution is -1.96. The Kier molecular flexibility index (Phi) is 3.49. The highest BCUT2D eigenvalue weighted by Crippen LogP contribution is 2.13. The lowest BCUT2D eigenvalue weighted by molar-refractivity contribution is -0.137. The molecule has 88 valence electrons. The summed E-state index contributed by atoms with van der Waals surface area (Å²) in [6, 6.07) is 5.66. The number of hydrogen-bond donors (Lipinski definition) is 2. The molecule has 0 fully saturated rings. The van der Waals surface area contributed by atoms with Crippen LogP contribution >= 0.6 is 0 Å². The maximum absolute atomic E-state index is 10.4. The first kappa shape index (κ1) is 11.3. The Morgan fingerprint density at radius 2 is 2.24 bits per heavy atom. The predicted molar refractivity (Wildman–Crippen MR) is 62.4 cm³/mol. The summed E-state index contributed by atoms with van der Waals surface area (Å²) in [5, 5.41) is 8.53. The molecule has 2 aromatic rings. The van der Waals surface area contributed by atoms with E-state index in [1.165, 1.54) is 0 Å². The summed E-state index contributed by atoms with van der Waals surface area (Å²) in [7, 11) is 0. The van der Waals surface area contributed by atoms with Crippen molar-refractivity contribution in [1.82, 2.24) is 15.0 Å². The highest BCUT2D eigenvalue weighted by Gasteiger charge is 2.04. The minimum Gasteiger partial charge on any atom is -0.481 e. The molecule has 0 radical (unpaired) electrons. The van der Waals surface area contributed by atoms with Crippen molar-refractivity contribution in [2.45, 2.75) is 19.3 Å². The average Bonchev–Trinajstić information content (AvgIpc) is 2.78. The van der Waals surface area contributed by atoms with Gasteiger partial charge in [0.2, 0.25) is 0 Å². The van der Waals surface area contributed by atoms with Crippen LogP contribution in [0.5, 0.6) is 0 Å². The Balaban J connectivity index is 1.99. The van der Waals surface area contributed by atoms with Crippen LogP contribution < -0.4 is 0 Å². The lowest BCUT2D eigenvalue weighted by atomic mass is 10.2. The Hall–Kier alpha value is -2.17. The number of rotatable bonds is 5. The monoisotopic (exact) mass is 231 g/mol. The molecule has 0 aliphatic rings. The zero-order chi connectivity index (χ0) is 12.1. The molecule has 0 saturated heterocycles. The topological polar surface area (TPSA) is 78.9 Å². The summed E-state index contributed by atoms with van der Waals surface area (Å²) in [6.45, 7) is 0. The van der Waals surface area contributed by atoms with Crippen molar-refractivity contribution in [3.63, 3.8) is 0 Å². The summed E-state index contributed by atoms with van der Waals surface area (Å²) in [5.74, 6) is 0.0217. The van der Waals surface area contributed by atoms with E-state index in [4.69, 9.17) is 5.11 Å². The van der Waals surface area contributed by atoms with Gasteiger partial charge in [-0.05, 0) is 18.6 Å². The molecule has 2 rings (SSSR count). The van der Waals surface area contributed by atoms with Gasteiger partial charge in [0.1, 0.15) is 5.82 Å². The normalized spacial score (nSPS) is 10.4. The summed E-state index contributed by atoms with van der Waals surface area (Å²) in [5.41, 5.74) is 1.69. The molecule has 0 saturated carbocycles. The van der Waals surface area contributed by atoms with Gasteiger partial charge in [-0.2, -0.15) is 0 Å². The smallest absolute Gasteiger partial charge is 0.303 e. The SMILES string of the molecule is O=C(O)CCCc1ncc(-c2ccccn2)[nH]1. The molecule has 0 aromatic carbocycles. The summed E-state index contributed by atoms with van der Waals surface area (Å²) < 4.78 is 0. The average molecular weight is 231 g/mol. The van der Waals surface area contributed by atoms with Gasteiger partial charge in [-0.25, -0.2) is 4.98 Å². The van der Waals surface area contributed by atoms with Crippen molar-refractivity contribution in [2.24, 2.45) is 0 Å². The molecule has 2 aromatic heterocycles. The fraction of sp³-hybridized carbons (Fsp3) is 0.250. The van der Waals surface area contributed by atoms with Crippen LogP contribution in [0.3, 0.4) is 0 Å². The Morgan fingerprint density at radius 3 is 2.94 bits per heavy atom. The molecule has 2 N–H and O–H groups in total. The van der Waals surface area contributed by atoms with Crippen LogP contribution in [0.25, 0.3) is 11.4 Å². The van der Waals surface area contributed by atoms with Gasteiger partial charge in [-0.3, -0.25) is 9.78 Å². The van der Waals surface area contributed by atoms with Gasteiger partial charge in [0.25, 0.3) is 0 Å². The molecule has 2 heterocycles. The highest BCUT2D eigenvalue weighted by molar-refractivity contribution is 5.66. The molecule has 17 heavy (non-hydrogen) atoms. The predicted octanol–water partition coefficient (Wildman–Crippen LogP) is 1.88. The zero-order valence-electron chi connectivity index (χ0n) is 9.26. The second-order valence-electron chi connectivity index (χ2n) is 3.71. The number of carbonyl (C=O) groups is 1. The van der Waals surface area contributed by atoms with Crippen LogP contribution in [0.4, 0.5) is 0 Å². The number of imidazole rings is 1. The molecule has 0 atom stereocenters. The van der Waals surface area contributed by atoms with Gasteiger partial charge in [-0.1, -0.05) is 6.07 Å². The first-order valence-electron chi connectivity index (χ1n) is 5.43. The molecule has 0 aliphatic heterocycles. The number of aliphatic carboxylic acids is 1. The second kappa shape index (κ2) is 5.25. The van der Waals surface area contributed by atoms with Gasteiger partial charge in [0.05, 0.1) is 17.6 Å². The largest absolute Gasteiger partial charge is 0.481 e. The van der Waals surface area contributed by atoms with Crippen molar-refractivity contribution in [1.29, 1.82) is 0 Å². The number of aromatic amines is 1. The number of aryl methyl sites for hydroxylation is 1. The third kappa shape index (κ3) is 3.14. The minimum absolute atomic E-state index is 0.166. The van der Waals surface area contributed by atoms with Crippen LogP contribution in [0.15, 0.2) is 30.6 Å². The third-order valence-electron chi connectivity index (χ3n) is 2.37. The van der Waals surface area contributed by atoms with Crippen molar-refractivity contribution < 1.29 is 9.90 Å². The fourth-order valence-corrected chi connectivity index (χ4v) is 1.55. The molecule has 5 nitrogen and oxygen atoms in total. The highest BCUT2D eigenvalue weighted by atomic mass is 16.4. The zero-order valence-corrected chi connectivity index (χ0v) is 9.26. The van der Waals surface area contributed by atoms with Gasteiger partial charge in [-0.15, -0.1) is 0 Å². The van der Waals surface area contributed by atoms with E-state index in [0.717, 1.165) is 17.2 Å². The number of H-pyrrole nitrogens is 1. The molecule has 0 bridgehead atoms. The van der Waals surface area contributed by atoms with E-state index in [2.05, 4.69) is 15.0 Å². The molecule has 5 heteroatoms. The third-order valence-corrected chi connectivity index (χ3v) is 2.37. The molecule has 0 aliphatic carbocycles. The lowest BCUT2D eigenvalue weighted by Gasteiger charge is -1.96. The number of carboxylic acid groups (broad SMARTS) is 1. The maximum Gasteiger partial charge on any atom is 0.303 e. The molecular formula is C12H13N3O2. The van der Waals surface area contributed by atoms with E-state index in [1.807, 2.05) is 18.2 Å². The summed E-state index contributed by atoms with van der Waals surface area (Å²) in [6.07, 6.45) is 4.84. The van der Waals surface area contributed by atoms with Gasteiger partial charge in [0, 0.05) is 19.0 Å². The van der Waals surface area contributed by atoms with Gasteiger partial charge < -0.3 is 10.1 Å². The van der Waals surface area contributed by atoms with Crippen molar-refractivity contribution in [2.75, 3.05) is 0 Å². The van der Waals surface area contributed by atoms with E-state index in [9.17, 15) is 4.79 Å². The number of nitrogens with zero attached hydrogens (tertiary/aromatic N) is 2. The van der Waals surface area contributed by atoms with Gasteiger partial charge in [0.15, 0.2) is 0 Å². The number of nitrogens with one attached hydrogen (secondary N) is 1. The Labute approximate surface area is 98.6 Å². The number of carboxylic acids is 1. The van der Waals surface area contributed by atoms with E-state index < -0.39 is 5.97 Å². The standard InChI is InChI=1S/C12H13N3O2/c16-12(17)6-3-5-11-14-8-10(15-11)9-4-1-2-7-13-9/h1-2,4,7-8H,3,5-6H2,(H,14,15)(H,16,17). The van der Waals surface area contributed by atoms with Crippen LogP contribution in [-0.2, 0) is 11.2 Å². The number of pyridine rings is 1.